The number of carbonyl (C=O) groups is 1. The third-order valence-electron chi connectivity index (χ3n) is 2.50. The summed E-state index contributed by atoms with van der Waals surface area (Å²) in [5.74, 6) is -0.519. The number of nitrogens with one attached hydrogen (secondary N) is 1. The van der Waals surface area contributed by atoms with Crippen LogP contribution in [0.4, 0.5) is 5.69 Å². The van der Waals surface area contributed by atoms with E-state index >= 15 is 0 Å². The number of primary amides is 1. The Hall–Kier alpha value is -1.59. The van der Waals surface area contributed by atoms with Crippen LogP contribution in [0.1, 0.15) is 11.7 Å². The van der Waals surface area contributed by atoms with Crippen molar-refractivity contribution in [3.05, 3.63) is 57.8 Å². The number of pyridine rings is 1. The van der Waals surface area contributed by atoms with Gasteiger partial charge < -0.3 is 11.1 Å². The van der Waals surface area contributed by atoms with Gasteiger partial charge in [-0.3, -0.25) is 9.78 Å². The number of rotatable bonds is 4. The van der Waals surface area contributed by atoms with Gasteiger partial charge in [0.25, 0.3) is 0 Å². The van der Waals surface area contributed by atoms with Gasteiger partial charge in [0.05, 0.1) is 16.4 Å². The summed E-state index contributed by atoms with van der Waals surface area (Å²) in [6.07, 6.45) is 1.61. The number of hydrogen-bond donors (Lipinski definition) is 2. The first-order chi connectivity index (χ1) is 9.08. The SMILES string of the molecule is NC(=O)C(Nc1ccccc1Cl)c1ccc(Br)cn1. The molecule has 0 aliphatic rings. The Labute approximate surface area is 124 Å². The maximum absolute atomic E-state index is 11.6. The Kier molecular flexibility index (Phi) is 4.39. The number of anilines is 1. The molecule has 4 nitrogen and oxygen atoms in total. The van der Waals surface area contributed by atoms with Gasteiger partial charge in [-0.1, -0.05) is 23.7 Å². The van der Waals surface area contributed by atoms with E-state index in [1.165, 1.54) is 0 Å². The van der Waals surface area contributed by atoms with Gasteiger partial charge in [-0.2, -0.15) is 0 Å². The second-order valence-electron chi connectivity index (χ2n) is 3.86. The quantitative estimate of drug-likeness (QED) is 0.898. The van der Waals surface area contributed by atoms with Gasteiger partial charge in [0, 0.05) is 10.7 Å². The van der Waals surface area contributed by atoms with Crippen molar-refractivity contribution in [2.24, 2.45) is 5.73 Å². The smallest absolute Gasteiger partial charge is 0.246 e. The van der Waals surface area contributed by atoms with Crippen LogP contribution in [0, 0.1) is 0 Å². The number of hydrogen-bond acceptors (Lipinski definition) is 3. The summed E-state index contributed by atoms with van der Waals surface area (Å²) in [5, 5.41) is 3.52. The first-order valence-electron chi connectivity index (χ1n) is 5.50. The van der Waals surface area contributed by atoms with E-state index in [0.717, 1.165) is 4.47 Å². The standard InChI is InChI=1S/C13H11BrClN3O/c14-8-5-6-11(17-7-8)12(13(16)19)18-10-4-2-1-3-9(10)15/h1-7,12,18H,(H2,16,19). The molecular formula is C13H11BrClN3O. The van der Waals surface area contributed by atoms with E-state index in [0.29, 0.717) is 16.4 Å². The molecule has 2 rings (SSSR count). The summed E-state index contributed by atoms with van der Waals surface area (Å²) in [6, 6.07) is 9.93. The molecule has 19 heavy (non-hydrogen) atoms. The predicted octanol–water partition coefficient (Wildman–Crippen LogP) is 3.14. The number of para-hydroxylation sites is 1. The van der Waals surface area contributed by atoms with Crippen molar-refractivity contribution in [2.75, 3.05) is 5.32 Å². The van der Waals surface area contributed by atoms with E-state index in [4.69, 9.17) is 17.3 Å². The molecule has 1 aromatic carbocycles. The van der Waals surface area contributed by atoms with E-state index < -0.39 is 11.9 Å². The summed E-state index contributed by atoms with van der Waals surface area (Å²) in [5.41, 5.74) is 6.58. The molecule has 98 valence electrons. The van der Waals surface area contributed by atoms with Gasteiger partial charge in [0.15, 0.2) is 0 Å². The van der Waals surface area contributed by atoms with Gasteiger partial charge >= 0.3 is 0 Å². The van der Waals surface area contributed by atoms with Crippen LogP contribution in [0.5, 0.6) is 0 Å². The fraction of sp³-hybridized carbons (Fsp3) is 0.0769. The first-order valence-corrected chi connectivity index (χ1v) is 6.67. The molecule has 0 radical (unpaired) electrons. The highest BCUT2D eigenvalue weighted by Gasteiger charge is 2.19. The van der Waals surface area contributed by atoms with Crippen molar-refractivity contribution in [3.8, 4) is 0 Å². The summed E-state index contributed by atoms with van der Waals surface area (Å²) in [7, 11) is 0. The van der Waals surface area contributed by atoms with Gasteiger partial charge in [-0.25, -0.2) is 0 Å². The van der Waals surface area contributed by atoms with Crippen LogP contribution < -0.4 is 11.1 Å². The molecule has 1 atom stereocenters. The topological polar surface area (TPSA) is 68.0 Å². The zero-order valence-corrected chi connectivity index (χ0v) is 12.1. The van der Waals surface area contributed by atoms with E-state index in [2.05, 4.69) is 26.2 Å². The van der Waals surface area contributed by atoms with Crippen molar-refractivity contribution in [1.29, 1.82) is 0 Å². The molecular weight excluding hydrogens is 330 g/mol. The molecule has 0 fully saturated rings. The summed E-state index contributed by atoms with van der Waals surface area (Å²) < 4.78 is 0.831. The average Bonchev–Trinajstić information content (AvgIpc) is 2.39. The monoisotopic (exact) mass is 339 g/mol. The zero-order chi connectivity index (χ0) is 13.8. The maximum atomic E-state index is 11.6. The van der Waals surface area contributed by atoms with Crippen molar-refractivity contribution in [2.45, 2.75) is 6.04 Å². The minimum atomic E-state index is -0.729. The summed E-state index contributed by atoms with van der Waals surface area (Å²) in [6.45, 7) is 0. The van der Waals surface area contributed by atoms with Crippen LogP contribution in [0.3, 0.4) is 0 Å². The van der Waals surface area contributed by atoms with E-state index in [1.807, 2.05) is 12.1 Å². The number of aromatic nitrogens is 1. The summed E-state index contributed by atoms with van der Waals surface area (Å²) >= 11 is 9.33. The summed E-state index contributed by atoms with van der Waals surface area (Å²) in [4.78, 5) is 15.7. The third-order valence-corrected chi connectivity index (χ3v) is 3.30. The second kappa shape index (κ2) is 6.04. The minimum Gasteiger partial charge on any atom is -0.368 e. The Bertz CT molecular complexity index is 589. The fourth-order valence-corrected chi connectivity index (χ4v) is 2.01. The number of amides is 1. The zero-order valence-electron chi connectivity index (χ0n) is 9.81. The second-order valence-corrected chi connectivity index (χ2v) is 5.18. The van der Waals surface area contributed by atoms with Gasteiger partial charge in [-0.15, -0.1) is 0 Å². The van der Waals surface area contributed by atoms with Crippen LogP contribution in [0.15, 0.2) is 47.1 Å². The largest absolute Gasteiger partial charge is 0.368 e. The van der Waals surface area contributed by atoms with Gasteiger partial charge in [0.1, 0.15) is 6.04 Å². The molecule has 1 amide bonds. The molecule has 1 aromatic heterocycles. The van der Waals surface area contributed by atoms with Crippen molar-refractivity contribution >= 4 is 39.1 Å². The maximum Gasteiger partial charge on any atom is 0.246 e. The van der Waals surface area contributed by atoms with Crippen molar-refractivity contribution in [1.82, 2.24) is 4.98 Å². The van der Waals surface area contributed by atoms with Crippen molar-refractivity contribution in [3.63, 3.8) is 0 Å². The van der Waals surface area contributed by atoms with Crippen LogP contribution in [-0.4, -0.2) is 10.9 Å². The van der Waals surface area contributed by atoms with E-state index in [1.54, 1.807) is 30.5 Å². The van der Waals surface area contributed by atoms with Crippen LogP contribution in [0.2, 0.25) is 5.02 Å². The third kappa shape index (κ3) is 3.45. The Morgan fingerprint density at radius 1 is 1.32 bits per heavy atom. The molecule has 6 heteroatoms. The number of nitrogens with two attached hydrogens (primary N) is 1. The van der Waals surface area contributed by atoms with Gasteiger partial charge in [-0.05, 0) is 40.2 Å². The number of carbonyl (C=O) groups excluding carboxylic acids is 1. The van der Waals surface area contributed by atoms with Crippen molar-refractivity contribution < 1.29 is 4.79 Å². The highest BCUT2D eigenvalue weighted by atomic mass is 79.9. The first kappa shape index (κ1) is 13.8. The lowest BCUT2D eigenvalue weighted by Gasteiger charge is -2.17. The number of nitrogens with zero attached hydrogens (tertiary/aromatic N) is 1. The molecule has 0 aliphatic heterocycles. The highest BCUT2D eigenvalue weighted by molar-refractivity contribution is 9.10. The predicted molar refractivity (Wildman–Crippen MR) is 78.9 cm³/mol. The Morgan fingerprint density at radius 3 is 2.63 bits per heavy atom. The van der Waals surface area contributed by atoms with Crippen LogP contribution >= 0.6 is 27.5 Å². The normalized spacial score (nSPS) is 11.9. The lowest BCUT2D eigenvalue weighted by atomic mass is 10.1. The van der Waals surface area contributed by atoms with E-state index in [-0.39, 0.29) is 0 Å². The molecule has 1 heterocycles. The molecule has 3 N–H and O–H groups in total. The lowest BCUT2D eigenvalue weighted by molar-refractivity contribution is -0.118. The Morgan fingerprint density at radius 2 is 2.05 bits per heavy atom. The molecule has 0 saturated heterocycles. The molecule has 0 aliphatic carbocycles. The molecule has 1 unspecified atom stereocenters. The van der Waals surface area contributed by atoms with E-state index in [9.17, 15) is 4.79 Å². The molecule has 0 spiro atoms. The van der Waals surface area contributed by atoms with Gasteiger partial charge in [0.2, 0.25) is 5.91 Å². The highest BCUT2D eigenvalue weighted by Crippen LogP contribution is 2.25. The molecule has 0 saturated carbocycles. The number of halogens is 2. The average molecular weight is 341 g/mol. The Balaban J connectivity index is 2.29. The fourth-order valence-electron chi connectivity index (χ4n) is 1.58. The molecule has 2 aromatic rings. The van der Waals surface area contributed by atoms with Crippen LogP contribution in [-0.2, 0) is 4.79 Å². The minimum absolute atomic E-state index is 0.519. The molecule has 0 bridgehead atoms. The lowest BCUT2D eigenvalue weighted by Crippen LogP contribution is -2.28. The number of benzene rings is 1. The van der Waals surface area contributed by atoms with Crippen LogP contribution in [0.25, 0.3) is 0 Å².